The first-order valence-electron chi connectivity index (χ1n) is 8.09. The SMILES string of the molecule is COCC(C)NC(N)=NCC1CCC(C)(C)c2ccccc21. The molecule has 0 fully saturated rings. The number of nitrogens with zero attached hydrogens (tertiary/aromatic N) is 1. The second-order valence-corrected chi connectivity index (χ2v) is 6.93. The van der Waals surface area contributed by atoms with Crippen molar-refractivity contribution in [3.63, 3.8) is 0 Å². The highest BCUT2D eigenvalue weighted by molar-refractivity contribution is 5.78. The van der Waals surface area contributed by atoms with E-state index in [-0.39, 0.29) is 11.5 Å². The van der Waals surface area contributed by atoms with E-state index in [1.807, 2.05) is 6.92 Å². The number of nitrogens with two attached hydrogens (primary N) is 1. The van der Waals surface area contributed by atoms with Crippen LogP contribution in [-0.4, -0.2) is 32.3 Å². The van der Waals surface area contributed by atoms with Gasteiger partial charge < -0.3 is 15.8 Å². The maximum atomic E-state index is 5.98. The second-order valence-electron chi connectivity index (χ2n) is 6.93. The number of guanidine groups is 1. The van der Waals surface area contributed by atoms with Gasteiger partial charge in [0, 0.05) is 25.6 Å². The zero-order chi connectivity index (χ0) is 16.2. The molecule has 0 bridgehead atoms. The Kier molecular flexibility index (Phi) is 5.46. The lowest BCUT2D eigenvalue weighted by atomic mass is 9.69. The molecule has 0 aromatic heterocycles. The minimum atomic E-state index is 0.173. The van der Waals surface area contributed by atoms with Gasteiger partial charge in [-0.3, -0.25) is 4.99 Å². The van der Waals surface area contributed by atoms with Crippen LogP contribution in [0.1, 0.15) is 50.7 Å². The van der Waals surface area contributed by atoms with E-state index < -0.39 is 0 Å². The highest BCUT2D eigenvalue weighted by Crippen LogP contribution is 2.42. The molecular weight excluding hydrogens is 274 g/mol. The average Bonchev–Trinajstić information content (AvgIpc) is 2.47. The predicted molar refractivity (Wildman–Crippen MR) is 92.4 cm³/mol. The Bertz CT molecular complexity index is 525. The normalized spacial score (nSPS) is 22.0. The van der Waals surface area contributed by atoms with Gasteiger partial charge >= 0.3 is 0 Å². The summed E-state index contributed by atoms with van der Waals surface area (Å²) in [6.07, 6.45) is 2.35. The number of methoxy groups -OCH3 is 1. The summed E-state index contributed by atoms with van der Waals surface area (Å²) in [6, 6.07) is 8.93. The summed E-state index contributed by atoms with van der Waals surface area (Å²) in [5.41, 5.74) is 9.13. The lowest BCUT2D eigenvalue weighted by molar-refractivity contribution is 0.179. The highest BCUT2D eigenvalue weighted by atomic mass is 16.5. The minimum absolute atomic E-state index is 0.173. The zero-order valence-electron chi connectivity index (χ0n) is 14.2. The van der Waals surface area contributed by atoms with Crippen molar-refractivity contribution in [1.82, 2.24) is 5.32 Å². The number of ether oxygens (including phenoxy) is 1. The Morgan fingerprint density at radius 2 is 2.18 bits per heavy atom. The topological polar surface area (TPSA) is 59.6 Å². The van der Waals surface area contributed by atoms with Gasteiger partial charge in [-0.05, 0) is 36.3 Å². The van der Waals surface area contributed by atoms with Gasteiger partial charge in [-0.25, -0.2) is 0 Å². The maximum Gasteiger partial charge on any atom is 0.188 e. The first-order valence-corrected chi connectivity index (χ1v) is 8.09. The van der Waals surface area contributed by atoms with Crippen LogP contribution < -0.4 is 11.1 Å². The molecule has 0 radical (unpaired) electrons. The molecule has 0 aliphatic heterocycles. The number of hydrogen-bond acceptors (Lipinski definition) is 2. The van der Waals surface area contributed by atoms with E-state index in [0.717, 1.165) is 13.0 Å². The van der Waals surface area contributed by atoms with Crippen LogP contribution in [0, 0.1) is 0 Å². The first kappa shape index (κ1) is 16.8. The van der Waals surface area contributed by atoms with Gasteiger partial charge in [0.2, 0.25) is 0 Å². The largest absolute Gasteiger partial charge is 0.383 e. The number of aliphatic imine (C=N–C) groups is 1. The number of hydrogen-bond donors (Lipinski definition) is 2. The van der Waals surface area contributed by atoms with Gasteiger partial charge in [-0.15, -0.1) is 0 Å². The molecule has 0 saturated carbocycles. The van der Waals surface area contributed by atoms with Crippen LogP contribution in [0.4, 0.5) is 0 Å². The summed E-state index contributed by atoms with van der Waals surface area (Å²) in [6.45, 7) is 8.05. The van der Waals surface area contributed by atoms with E-state index in [2.05, 4.69) is 48.4 Å². The van der Waals surface area contributed by atoms with Gasteiger partial charge in [-0.2, -0.15) is 0 Å². The Balaban J connectivity index is 2.05. The number of benzene rings is 1. The molecule has 1 aliphatic carbocycles. The lowest BCUT2D eigenvalue weighted by Crippen LogP contribution is -2.41. The molecule has 0 amide bonds. The number of fused-ring (bicyclic) bond motifs is 1. The fourth-order valence-corrected chi connectivity index (χ4v) is 3.28. The van der Waals surface area contributed by atoms with Crippen molar-refractivity contribution in [2.45, 2.75) is 51.0 Å². The smallest absolute Gasteiger partial charge is 0.188 e. The van der Waals surface area contributed by atoms with Crippen molar-refractivity contribution >= 4 is 5.96 Å². The molecule has 1 aromatic carbocycles. The third-order valence-electron chi connectivity index (χ3n) is 4.54. The third kappa shape index (κ3) is 4.01. The van der Waals surface area contributed by atoms with Gasteiger partial charge in [-0.1, -0.05) is 38.1 Å². The zero-order valence-corrected chi connectivity index (χ0v) is 14.2. The van der Waals surface area contributed by atoms with Gasteiger partial charge in [0.05, 0.1) is 6.61 Å². The predicted octanol–water partition coefficient (Wildman–Crippen LogP) is 2.78. The monoisotopic (exact) mass is 303 g/mol. The molecule has 4 nitrogen and oxygen atoms in total. The quantitative estimate of drug-likeness (QED) is 0.649. The van der Waals surface area contributed by atoms with Crippen LogP contribution in [0.25, 0.3) is 0 Å². The van der Waals surface area contributed by atoms with Crippen LogP contribution >= 0.6 is 0 Å². The van der Waals surface area contributed by atoms with Gasteiger partial charge in [0.15, 0.2) is 5.96 Å². The van der Waals surface area contributed by atoms with Crippen LogP contribution in [-0.2, 0) is 10.2 Å². The van der Waals surface area contributed by atoms with Crippen molar-refractivity contribution in [3.05, 3.63) is 35.4 Å². The summed E-state index contributed by atoms with van der Waals surface area (Å²) < 4.78 is 5.10. The van der Waals surface area contributed by atoms with Crippen molar-refractivity contribution in [2.75, 3.05) is 20.3 Å². The molecule has 122 valence electrons. The summed E-state index contributed by atoms with van der Waals surface area (Å²) in [4.78, 5) is 4.54. The van der Waals surface area contributed by atoms with E-state index in [4.69, 9.17) is 10.5 Å². The van der Waals surface area contributed by atoms with E-state index in [1.54, 1.807) is 7.11 Å². The lowest BCUT2D eigenvalue weighted by Gasteiger charge is -2.36. The van der Waals surface area contributed by atoms with Crippen molar-refractivity contribution in [3.8, 4) is 0 Å². The van der Waals surface area contributed by atoms with Crippen LogP contribution in [0.2, 0.25) is 0 Å². The van der Waals surface area contributed by atoms with E-state index in [0.29, 0.717) is 18.5 Å². The number of rotatable bonds is 5. The molecule has 2 rings (SSSR count). The average molecular weight is 303 g/mol. The van der Waals surface area contributed by atoms with Crippen LogP contribution in [0.3, 0.4) is 0 Å². The molecule has 4 heteroatoms. The molecule has 2 atom stereocenters. The molecule has 0 saturated heterocycles. The van der Waals surface area contributed by atoms with Crippen LogP contribution in [0.15, 0.2) is 29.3 Å². The standard InChI is InChI=1S/C18H29N3O/c1-13(12-22-4)21-17(19)20-11-14-9-10-18(2,3)16-8-6-5-7-15(14)16/h5-8,13-14H,9-12H2,1-4H3,(H3,19,20,21). The molecular formula is C18H29N3O. The van der Waals surface area contributed by atoms with E-state index >= 15 is 0 Å². The summed E-state index contributed by atoms with van der Waals surface area (Å²) in [5, 5.41) is 3.16. The van der Waals surface area contributed by atoms with Crippen molar-refractivity contribution in [1.29, 1.82) is 0 Å². The molecule has 0 heterocycles. The first-order chi connectivity index (χ1) is 10.4. The highest BCUT2D eigenvalue weighted by Gasteiger charge is 2.31. The number of nitrogens with one attached hydrogen (secondary N) is 1. The Morgan fingerprint density at radius 3 is 2.91 bits per heavy atom. The van der Waals surface area contributed by atoms with E-state index in [9.17, 15) is 0 Å². The van der Waals surface area contributed by atoms with Gasteiger partial charge in [0.1, 0.15) is 0 Å². The third-order valence-corrected chi connectivity index (χ3v) is 4.54. The fourth-order valence-electron chi connectivity index (χ4n) is 3.28. The summed E-state index contributed by atoms with van der Waals surface area (Å²) >= 11 is 0. The molecule has 1 aromatic rings. The molecule has 0 spiro atoms. The maximum absolute atomic E-state index is 5.98. The molecule has 2 unspecified atom stereocenters. The summed E-state index contributed by atoms with van der Waals surface area (Å²) in [7, 11) is 1.69. The Labute approximate surface area is 134 Å². The molecule has 1 aliphatic rings. The molecule has 3 N–H and O–H groups in total. The minimum Gasteiger partial charge on any atom is -0.383 e. The molecule has 22 heavy (non-hydrogen) atoms. The van der Waals surface area contributed by atoms with Crippen LogP contribution in [0.5, 0.6) is 0 Å². The Hall–Kier alpha value is -1.55. The second kappa shape index (κ2) is 7.14. The van der Waals surface area contributed by atoms with Gasteiger partial charge in [0.25, 0.3) is 0 Å². The van der Waals surface area contributed by atoms with Crippen molar-refractivity contribution in [2.24, 2.45) is 10.7 Å². The van der Waals surface area contributed by atoms with Crippen molar-refractivity contribution < 1.29 is 4.74 Å². The summed E-state index contributed by atoms with van der Waals surface area (Å²) in [5.74, 6) is 0.967. The Morgan fingerprint density at radius 1 is 1.45 bits per heavy atom. The fraction of sp³-hybridized carbons (Fsp3) is 0.611. The van der Waals surface area contributed by atoms with E-state index in [1.165, 1.54) is 17.5 Å².